The third kappa shape index (κ3) is 4.46. The van der Waals surface area contributed by atoms with Gasteiger partial charge in [0, 0.05) is 50.5 Å². The maximum Gasteiger partial charge on any atom is 0.254 e. The predicted octanol–water partition coefficient (Wildman–Crippen LogP) is 2.99. The Labute approximate surface area is 173 Å². The van der Waals surface area contributed by atoms with Gasteiger partial charge < -0.3 is 9.80 Å². The number of nitrogens with zero attached hydrogens (tertiary/aromatic N) is 3. The van der Waals surface area contributed by atoms with Crippen LogP contribution in [0.15, 0.2) is 53.4 Å². The van der Waals surface area contributed by atoms with Gasteiger partial charge >= 0.3 is 0 Å². The van der Waals surface area contributed by atoms with Crippen LogP contribution in [-0.4, -0.2) is 62.8 Å². The minimum Gasteiger partial charge on any atom is -0.368 e. The molecule has 0 N–H and O–H groups in total. The van der Waals surface area contributed by atoms with Crippen LogP contribution in [0.25, 0.3) is 0 Å². The Bertz CT molecular complexity index is 963. The number of hydrogen-bond acceptors (Lipinski definition) is 4. The zero-order valence-corrected chi connectivity index (χ0v) is 18.2. The van der Waals surface area contributed by atoms with Crippen LogP contribution >= 0.6 is 0 Å². The van der Waals surface area contributed by atoms with Crippen molar-refractivity contribution in [2.75, 3.05) is 44.2 Å². The van der Waals surface area contributed by atoms with Gasteiger partial charge in [-0.3, -0.25) is 4.79 Å². The molecule has 1 fully saturated rings. The standard InChI is InChI=1S/C22H29N3O3S/c1-4-25(5-2)29(27,28)20-11-8-10-19(17-20)22(26)24-15-13-23(14-16-24)21-12-7-6-9-18(21)3/h6-12,17H,4-5,13-16H2,1-3H3. The van der Waals surface area contributed by atoms with E-state index >= 15 is 0 Å². The van der Waals surface area contributed by atoms with E-state index in [0.717, 1.165) is 13.1 Å². The summed E-state index contributed by atoms with van der Waals surface area (Å²) in [6.45, 7) is 9.25. The Balaban J connectivity index is 1.73. The second-order valence-electron chi connectivity index (χ2n) is 7.18. The molecule has 6 nitrogen and oxygen atoms in total. The number of amides is 1. The van der Waals surface area contributed by atoms with Crippen molar-refractivity contribution in [2.45, 2.75) is 25.7 Å². The Hall–Kier alpha value is -2.38. The highest BCUT2D eigenvalue weighted by Gasteiger charge is 2.26. The van der Waals surface area contributed by atoms with Crippen LogP contribution in [0, 0.1) is 6.92 Å². The maximum atomic E-state index is 13.0. The molecule has 1 heterocycles. The van der Waals surface area contributed by atoms with Crippen molar-refractivity contribution in [3.63, 3.8) is 0 Å². The van der Waals surface area contributed by atoms with E-state index in [1.807, 2.05) is 26.0 Å². The van der Waals surface area contributed by atoms with E-state index in [4.69, 9.17) is 0 Å². The number of sulfonamides is 1. The van der Waals surface area contributed by atoms with E-state index in [1.165, 1.54) is 21.6 Å². The monoisotopic (exact) mass is 415 g/mol. The molecule has 0 saturated carbocycles. The average Bonchev–Trinajstić information content (AvgIpc) is 2.74. The Morgan fingerprint density at radius 3 is 2.24 bits per heavy atom. The Kier molecular flexibility index (Phi) is 6.59. The molecule has 1 aliphatic rings. The number of anilines is 1. The molecule has 0 aliphatic carbocycles. The summed E-state index contributed by atoms with van der Waals surface area (Å²) < 4.78 is 26.9. The van der Waals surface area contributed by atoms with Crippen molar-refractivity contribution in [1.29, 1.82) is 0 Å². The normalized spacial score (nSPS) is 15.0. The van der Waals surface area contributed by atoms with Crippen molar-refractivity contribution in [3.8, 4) is 0 Å². The number of benzene rings is 2. The van der Waals surface area contributed by atoms with Gasteiger partial charge in [0.1, 0.15) is 0 Å². The summed E-state index contributed by atoms with van der Waals surface area (Å²) in [6.07, 6.45) is 0. The summed E-state index contributed by atoms with van der Waals surface area (Å²) in [5.41, 5.74) is 2.84. The lowest BCUT2D eigenvalue weighted by atomic mass is 10.1. The molecule has 2 aromatic rings. The van der Waals surface area contributed by atoms with E-state index in [1.54, 1.807) is 23.1 Å². The summed E-state index contributed by atoms with van der Waals surface area (Å²) in [5.74, 6) is -0.119. The molecule has 7 heteroatoms. The van der Waals surface area contributed by atoms with Gasteiger partial charge in [0.15, 0.2) is 0 Å². The quantitative estimate of drug-likeness (QED) is 0.728. The molecule has 1 amide bonds. The smallest absolute Gasteiger partial charge is 0.254 e. The van der Waals surface area contributed by atoms with E-state index in [-0.39, 0.29) is 10.8 Å². The first-order chi connectivity index (χ1) is 13.9. The highest BCUT2D eigenvalue weighted by Crippen LogP contribution is 2.22. The van der Waals surface area contributed by atoms with Crippen LogP contribution in [0.4, 0.5) is 5.69 Å². The molecule has 0 aromatic heterocycles. The van der Waals surface area contributed by atoms with Crippen LogP contribution in [-0.2, 0) is 10.0 Å². The van der Waals surface area contributed by atoms with Gasteiger partial charge in [-0.25, -0.2) is 8.42 Å². The minimum absolute atomic E-state index is 0.119. The average molecular weight is 416 g/mol. The molecule has 3 rings (SSSR count). The fourth-order valence-electron chi connectivity index (χ4n) is 3.75. The van der Waals surface area contributed by atoms with Crippen molar-refractivity contribution in [3.05, 3.63) is 59.7 Å². The largest absolute Gasteiger partial charge is 0.368 e. The van der Waals surface area contributed by atoms with Gasteiger partial charge in [0.2, 0.25) is 10.0 Å². The first-order valence-corrected chi connectivity index (χ1v) is 11.5. The fraction of sp³-hybridized carbons (Fsp3) is 0.409. The molecule has 0 atom stereocenters. The third-order valence-electron chi connectivity index (χ3n) is 5.45. The second kappa shape index (κ2) is 8.97. The molecular weight excluding hydrogens is 386 g/mol. The number of rotatable bonds is 6. The van der Waals surface area contributed by atoms with Crippen LogP contribution < -0.4 is 4.90 Å². The van der Waals surface area contributed by atoms with Gasteiger partial charge in [-0.05, 0) is 36.8 Å². The maximum absolute atomic E-state index is 13.0. The zero-order chi connectivity index (χ0) is 21.0. The van der Waals surface area contributed by atoms with E-state index in [2.05, 4.69) is 24.0 Å². The number of para-hydroxylation sites is 1. The van der Waals surface area contributed by atoms with Crippen molar-refractivity contribution < 1.29 is 13.2 Å². The van der Waals surface area contributed by atoms with E-state index in [9.17, 15) is 13.2 Å². The number of carbonyl (C=O) groups is 1. The molecule has 0 unspecified atom stereocenters. The van der Waals surface area contributed by atoms with Gasteiger partial charge in [-0.2, -0.15) is 4.31 Å². The summed E-state index contributed by atoms with van der Waals surface area (Å²) in [6, 6.07) is 14.7. The summed E-state index contributed by atoms with van der Waals surface area (Å²) in [5, 5.41) is 0. The number of carbonyl (C=O) groups excluding carboxylic acids is 1. The van der Waals surface area contributed by atoms with Crippen molar-refractivity contribution in [1.82, 2.24) is 9.21 Å². The zero-order valence-electron chi connectivity index (χ0n) is 17.3. The third-order valence-corrected chi connectivity index (χ3v) is 7.49. The van der Waals surface area contributed by atoms with Crippen LogP contribution in [0.3, 0.4) is 0 Å². The predicted molar refractivity (Wildman–Crippen MR) is 116 cm³/mol. The minimum atomic E-state index is -3.58. The highest BCUT2D eigenvalue weighted by atomic mass is 32.2. The molecule has 2 aromatic carbocycles. The van der Waals surface area contributed by atoms with Crippen LogP contribution in [0.2, 0.25) is 0 Å². The molecule has 1 aliphatic heterocycles. The lowest BCUT2D eigenvalue weighted by molar-refractivity contribution is 0.0746. The van der Waals surface area contributed by atoms with Gasteiger partial charge in [-0.1, -0.05) is 38.1 Å². The lowest BCUT2D eigenvalue weighted by Gasteiger charge is -2.37. The fourth-order valence-corrected chi connectivity index (χ4v) is 5.26. The van der Waals surface area contributed by atoms with Gasteiger partial charge in [-0.15, -0.1) is 0 Å². The first-order valence-electron chi connectivity index (χ1n) is 10.1. The van der Waals surface area contributed by atoms with Crippen molar-refractivity contribution >= 4 is 21.6 Å². The molecule has 0 radical (unpaired) electrons. The topological polar surface area (TPSA) is 60.9 Å². The highest BCUT2D eigenvalue weighted by molar-refractivity contribution is 7.89. The second-order valence-corrected chi connectivity index (χ2v) is 9.12. The number of hydrogen-bond donors (Lipinski definition) is 0. The molecule has 156 valence electrons. The molecule has 0 spiro atoms. The van der Waals surface area contributed by atoms with Crippen LogP contribution in [0.1, 0.15) is 29.8 Å². The number of aryl methyl sites for hydroxylation is 1. The first kappa shape index (κ1) is 21.3. The summed E-state index contributed by atoms with van der Waals surface area (Å²) in [7, 11) is -3.58. The lowest BCUT2D eigenvalue weighted by Crippen LogP contribution is -2.49. The Morgan fingerprint density at radius 1 is 0.966 bits per heavy atom. The van der Waals surface area contributed by atoms with Gasteiger partial charge in [0.05, 0.1) is 4.90 Å². The Morgan fingerprint density at radius 2 is 1.62 bits per heavy atom. The van der Waals surface area contributed by atoms with Crippen LogP contribution in [0.5, 0.6) is 0 Å². The van der Waals surface area contributed by atoms with Crippen molar-refractivity contribution in [2.24, 2.45) is 0 Å². The van der Waals surface area contributed by atoms with Gasteiger partial charge in [0.25, 0.3) is 5.91 Å². The molecule has 0 bridgehead atoms. The summed E-state index contributed by atoms with van der Waals surface area (Å²) in [4.78, 5) is 17.3. The molecule has 29 heavy (non-hydrogen) atoms. The SMILES string of the molecule is CCN(CC)S(=O)(=O)c1cccc(C(=O)N2CCN(c3ccccc3C)CC2)c1. The summed E-state index contributed by atoms with van der Waals surface area (Å²) >= 11 is 0. The molecular formula is C22H29N3O3S. The van der Waals surface area contributed by atoms with E-state index < -0.39 is 10.0 Å². The molecule has 1 saturated heterocycles. The van der Waals surface area contributed by atoms with E-state index in [0.29, 0.717) is 31.7 Å². The number of piperazine rings is 1.